The lowest BCUT2D eigenvalue weighted by atomic mass is 9.85. The van der Waals surface area contributed by atoms with Crippen molar-refractivity contribution in [3.05, 3.63) is 95.8 Å². The van der Waals surface area contributed by atoms with Crippen molar-refractivity contribution in [2.75, 3.05) is 0 Å². The molecule has 1 N–H and O–H groups in total. The van der Waals surface area contributed by atoms with E-state index in [9.17, 15) is 14.7 Å². The third-order valence-electron chi connectivity index (χ3n) is 6.48. The molecule has 1 saturated carbocycles. The van der Waals surface area contributed by atoms with Crippen LogP contribution in [0.15, 0.2) is 88.9 Å². The minimum absolute atomic E-state index is 0.0121. The number of carbonyl (C=O) groups is 2. The van der Waals surface area contributed by atoms with E-state index in [-0.39, 0.29) is 17.9 Å². The topological polar surface area (TPSA) is 70.8 Å². The Labute approximate surface area is 192 Å². The monoisotopic (exact) mass is 439 g/mol. The first kappa shape index (κ1) is 21.0. The van der Waals surface area contributed by atoms with Crippen LogP contribution in [-0.2, 0) is 9.59 Å². The van der Waals surface area contributed by atoms with E-state index in [1.165, 1.54) is 0 Å². The van der Waals surface area contributed by atoms with Crippen molar-refractivity contribution in [3.8, 4) is 11.3 Å². The second-order valence-corrected chi connectivity index (χ2v) is 8.58. The number of carboxylic acids is 1. The molecule has 0 spiro atoms. The van der Waals surface area contributed by atoms with Gasteiger partial charge in [0.15, 0.2) is 0 Å². The molecule has 5 rings (SSSR count). The first-order valence-electron chi connectivity index (χ1n) is 11.3. The summed E-state index contributed by atoms with van der Waals surface area (Å²) in [6, 6.07) is 23.5. The number of carbonyl (C=O) groups excluding carboxylic acids is 1. The molecule has 2 aromatic carbocycles. The number of nitrogens with zero attached hydrogens (tertiary/aromatic N) is 1. The fourth-order valence-electron chi connectivity index (χ4n) is 4.75. The lowest BCUT2D eigenvalue weighted by molar-refractivity contribution is -0.143. The van der Waals surface area contributed by atoms with E-state index in [1.807, 2.05) is 83.8 Å². The van der Waals surface area contributed by atoms with Crippen molar-refractivity contribution in [1.29, 1.82) is 0 Å². The molecule has 0 unspecified atom stereocenters. The van der Waals surface area contributed by atoms with Gasteiger partial charge in [-0.1, -0.05) is 60.7 Å². The van der Waals surface area contributed by atoms with Gasteiger partial charge in [0.25, 0.3) is 5.91 Å². The molecule has 1 aromatic heterocycles. The number of aliphatic carboxylic acids is 1. The van der Waals surface area contributed by atoms with Crippen LogP contribution in [0, 0.1) is 5.92 Å². The zero-order chi connectivity index (χ0) is 22.8. The van der Waals surface area contributed by atoms with E-state index >= 15 is 0 Å². The Balaban J connectivity index is 1.45. The first-order valence-corrected chi connectivity index (χ1v) is 11.3. The molecule has 0 radical (unpaired) electrons. The fraction of sp³-hybridized carbons (Fsp3) is 0.214. The third kappa shape index (κ3) is 4.27. The number of rotatable bonds is 5. The fourth-order valence-corrected chi connectivity index (χ4v) is 4.75. The zero-order valence-corrected chi connectivity index (χ0v) is 18.2. The molecule has 0 atom stereocenters. The smallest absolute Gasteiger partial charge is 0.306 e. The Bertz CT molecular complexity index is 1220. The summed E-state index contributed by atoms with van der Waals surface area (Å²) in [5.74, 6) is 0.247. The number of furan rings is 1. The molecule has 1 aliphatic heterocycles. The van der Waals surface area contributed by atoms with Gasteiger partial charge >= 0.3 is 5.97 Å². The highest BCUT2D eigenvalue weighted by atomic mass is 16.4. The molecule has 33 heavy (non-hydrogen) atoms. The van der Waals surface area contributed by atoms with Crippen molar-refractivity contribution in [2.24, 2.45) is 5.92 Å². The first-order chi connectivity index (χ1) is 16.1. The van der Waals surface area contributed by atoms with Crippen LogP contribution in [0.25, 0.3) is 23.1 Å². The molecule has 1 fully saturated rings. The van der Waals surface area contributed by atoms with E-state index in [1.54, 1.807) is 6.08 Å². The Morgan fingerprint density at radius 1 is 0.879 bits per heavy atom. The van der Waals surface area contributed by atoms with Crippen LogP contribution in [0.3, 0.4) is 0 Å². The molecule has 5 nitrogen and oxygen atoms in total. The van der Waals surface area contributed by atoms with Gasteiger partial charge in [-0.3, -0.25) is 9.59 Å². The Hall–Kier alpha value is -3.86. The summed E-state index contributed by atoms with van der Waals surface area (Å²) < 4.78 is 6.00. The minimum Gasteiger partial charge on any atom is -0.481 e. The maximum Gasteiger partial charge on any atom is 0.306 e. The molecule has 0 bridgehead atoms. The standard InChI is InChI=1S/C28H25NO4/c30-27-22(17-24-15-16-26(33-24)20-9-5-2-6-10-20)18-25(19-7-3-1-4-8-19)29(27)23-13-11-21(12-14-23)28(31)32/h1-10,15-18,21,23H,11-14H2,(H,31,32)/b22-17+. The highest BCUT2D eigenvalue weighted by molar-refractivity contribution is 6.10. The van der Waals surface area contributed by atoms with Crippen molar-refractivity contribution in [3.63, 3.8) is 0 Å². The highest BCUT2D eigenvalue weighted by Crippen LogP contribution is 2.38. The summed E-state index contributed by atoms with van der Waals surface area (Å²) in [4.78, 5) is 26.8. The summed E-state index contributed by atoms with van der Waals surface area (Å²) in [5.41, 5.74) is 3.39. The molecule has 1 aliphatic carbocycles. The maximum absolute atomic E-state index is 13.5. The zero-order valence-electron chi connectivity index (χ0n) is 18.2. The Morgan fingerprint density at radius 2 is 1.52 bits per heavy atom. The van der Waals surface area contributed by atoms with E-state index in [2.05, 4.69) is 0 Å². The van der Waals surface area contributed by atoms with Crippen LogP contribution >= 0.6 is 0 Å². The SMILES string of the molecule is O=C(O)C1CCC(N2C(=O)/C(=C/c3ccc(-c4ccccc4)o3)C=C2c2ccccc2)CC1. The second-order valence-electron chi connectivity index (χ2n) is 8.58. The van der Waals surface area contributed by atoms with Gasteiger partial charge in [-0.15, -0.1) is 0 Å². The van der Waals surface area contributed by atoms with E-state index in [0.717, 1.165) is 22.6 Å². The minimum atomic E-state index is -0.743. The predicted molar refractivity (Wildman–Crippen MR) is 127 cm³/mol. The van der Waals surface area contributed by atoms with Gasteiger partial charge in [0.2, 0.25) is 0 Å². The largest absolute Gasteiger partial charge is 0.481 e. The molecule has 2 heterocycles. The quantitative estimate of drug-likeness (QED) is 0.506. The molecule has 166 valence electrons. The van der Waals surface area contributed by atoms with E-state index in [4.69, 9.17) is 4.42 Å². The van der Waals surface area contributed by atoms with Crippen LogP contribution in [0.4, 0.5) is 0 Å². The highest BCUT2D eigenvalue weighted by Gasteiger charge is 2.37. The average molecular weight is 440 g/mol. The van der Waals surface area contributed by atoms with E-state index in [0.29, 0.717) is 37.0 Å². The lowest BCUT2D eigenvalue weighted by Gasteiger charge is -2.35. The molecule has 0 saturated heterocycles. The molecular formula is C28H25NO4. The normalized spacial score (nSPS) is 21.9. The van der Waals surface area contributed by atoms with Crippen molar-refractivity contribution in [1.82, 2.24) is 4.90 Å². The Kier molecular flexibility index (Phi) is 5.69. The van der Waals surface area contributed by atoms with Gasteiger partial charge in [0, 0.05) is 17.2 Å². The van der Waals surface area contributed by atoms with E-state index < -0.39 is 5.97 Å². The number of hydrogen-bond donors (Lipinski definition) is 1. The Morgan fingerprint density at radius 3 is 2.15 bits per heavy atom. The van der Waals surface area contributed by atoms with Crippen molar-refractivity contribution >= 4 is 23.6 Å². The van der Waals surface area contributed by atoms with Gasteiger partial charge in [-0.25, -0.2) is 0 Å². The number of amides is 1. The number of hydrogen-bond acceptors (Lipinski definition) is 3. The van der Waals surface area contributed by atoms with Gasteiger partial charge < -0.3 is 14.4 Å². The maximum atomic E-state index is 13.5. The summed E-state index contributed by atoms with van der Waals surface area (Å²) in [6.45, 7) is 0. The lowest BCUT2D eigenvalue weighted by Crippen LogP contribution is -2.39. The van der Waals surface area contributed by atoms with Crippen LogP contribution in [0.5, 0.6) is 0 Å². The van der Waals surface area contributed by atoms with Gasteiger partial charge in [0.05, 0.1) is 11.6 Å². The third-order valence-corrected chi connectivity index (χ3v) is 6.48. The number of carboxylic acid groups (broad SMARTS) is 1. The molecule has 1 amide bonds. The van der Waals surface area contributed by atoms with Crippen LogP contribution in [0.1, 0.15) is 37.0 Å². The summed E-state index contributed by atoms with van der Waals surface area (Å²) in [7, 11) is 0. The van der Waals surface area contributed by atoms with Gasteiger partial charge in [-0.2, -0.15) is 0 Å². The number of benzene rings is 2. The molecule has 2 aliphatic rings. The molecular weight excluding hydrogens is 414 g/mol. The van der Waals surface area contributed by atoms with Crippen molar-refractivity contribution in [2.45, 2.75) is 31.7 Å². The van der Waals surface area contributed by atoms with Crippen LogP contribution in [0.2, 0.25) is 0 Å². The van der Waals surface area contributed by atoms with Crippen LogP contribution in [-0.4, -0.2) is 27.9 Å². The summed E-state index contributed by atoms with van der Waals surface area (Å²) in [6.07, 6.45) is 6.25. The average Bonchev–Trinajstić information content (AvgIpc) is 3.45. The second kappa shape index (κ2) is 8.94. The van der Waals surface area contributed by atoms with Crippen LogP contribution < -0.4 is 0 Å². The van der Waals surface area contributed by atoms with Gasteiger partial charge in [0.1, 0.15) is 11.5 Å². The van der Waals surface area contributed by atoms with Crippen molar-refractivity contribution < 1.29 is 19.1 Å². The predicted octanol–water partition coefficient (Wildman–Crippen LogP) is 5.86. The van der Waals surface area contributed by atoms with Gasteiger partial charge in [-0.05, 0) is 55.5 Å². The molecule has 5 heteroatoms. The summed E-state index contributed by atoms with van der Waals surface area (Å²) in [5, 5.41) is 9.35. The molecule has 3 aromatic rings. The summed E-state index contributed by atoms with van der Waals surface area (Å²) >= 11 is 0.